The molecule has 9 rings (SSSR count). The van der Waals surface area contributed by atoms with E-state index in [-0.39, 0.29) is 29.5 Å². The third-order valence-electron chi connectivity index (χ3n) is 11.7. The van der Waals surface area contributed by atoms with E-state index < -0.39 is 47.3 Å². The summed E-state index contributed by atoms with van der Waals surface area (Å²) in [6.45, 7) is 4.10. The molecule has 4 amide bonds. The van der Waals surface area contributed by atoms with Crippen LogP contribution in [-0.4, -0.2) is 69.9 Å². The molecule has 0 unspecified atom stereocenters. The van der Waals surface area contributed by atoms with Crippen molar-refractivity contribution in [3.63, 3.8) is 0 Å². The summed E-state index contributed by atoms with van der Waals surface area (Å²) in [6, 6.07) is 23.2. The van der Waals surface area contributed by atoms with Gasteiger partial charge >= 0.3 is 0 Å². The highest BCUT2D eigenvalue weighted by atomic mass is 16.2. The molecule has 4 saturated heterocycles. The highest BCUT2D eigenvalue weighted by Gasteiger charge is 2.78. The average molecular weight is 631 g/mol. The van der Waals surface area contributed by atoms with E-state index in [0.29, 0.717) is 25.7 Å². The zero-order valence-corrected chi connectivity index (χ0v) is 26.4. The van der Waals surface area contributed by atoms with Gasteiger partial charge in [-0.05, 0) is 54.0 Å². The summed E-state index contributed by atoms with van der Waals surface area (Å²) in [7, 11) is 0. The molecule has 8 atom stereocenters. The van der Waals surface area contributed by atoms with Gasteiger partial charge in [-0.3, -0.25) is 19.2 Å². The molecular formula is C37H38N6O4. The van der Waals surface area contributed by atoms with E-state index in [9.17, 15) is 19.2 Å². The van der Waals surface area contributed by atoms with E-state index in [1.54, 1.807) is 9.80 Å². The number of para-hydroxylation sites is 2. The summed E-state index contributed by atoms with van der Waals surface area (Å²) in [5.41, 5.74) is 3.15. The number of rotatable bonds is 5. The lowest BCUT2D eigenvalue weighted by atomic mass is 9.54. The molecule has 0 aromatic heterocycles. The van der Waals surface area contributed by atoms with Crippen molar-refractivity contribution in [3.8, 4) is 0 Å². The van der Waals surface area contributed by atoms with E-state index in [1.807, 2.05) is 66.7 Å². The number of carbonyl (C=O) groups excluding carboxylic acids is 4. The molecule has 0 spiro atoms. The molecule has 3 aromatic carbocycles. The number of piperazine rings is 2. The first-order chi connectivity index (χ1) is 22.7. The van der Waals surface area contributed by atoms with Crippen molar-refractivity contribution in [1.82, 2.24) is 20.4 Å². The summed E-state index contributed by atoms with van der Waals surface area (Å²) >= 11 is 0. The minimum Gasteiger partial charge on any atom is -0.364 e. The molecule has 0 bridgehead atoms. The molecule has 6 heterocycles. The van der Waals surface area contributed by atoms with Crippen LogP contribution in [0.25, 0.3) is 0 Å². The first-order valence-electron chi connectivity index (χ1n) is 16.8. The lowest BCUT2D eigenvalue weighted by Crippen LogP contribution is -2.66. The monoisotopic (exact) mass is 630 g/mol. The van der Waals surface area contributed by atoms with Gasteiger partial charge in [0.2, 0.25) is 23.6 Å². The Balaban J connectivity index is 1.22. The lowest BCUT2D eigenvalue weighted by molar-refractivity contribution is -0.149. The standard InChI is InChI=1S/C37H38N6O4/c1-20(2)16-26-32(46)42-28(30(44)38-26)18-36(22-12-6-8-14-24(22)40-34(36)42)37-19-29-31(45)39-27(17-21-10-4-3-5-11-21)33(47)43(29)35(37)41-25-15-9-7-13-23(25)37/h3-15,20,26-29,34-35,40-41H,16-19H2,1-2H3,(H,38,44)(H,39,45)/t26-,27-,28-,29-,34+,35+,36-,37-/m0/s1. The fraction of sp³-hybridized carbons (Fsp3) is 0.405. The highest BCUT2D eigenvalue weighted by molar-refractivity contribution is 6.01. The van der Waals surface area contributed by atoms with Crippen LogP contribution in [0.5, 0.6) is 0 Å². The highest BCUT2D eigenvalue weighted by Crippen LogP contribution is 2.68. The molecule has 10 heteroatoms. The Kier molecular flexibility index (Phi) is 5.93. The summed E-state index contributed by atoms with van der Waals surface area (Å²) in [5, 5.41) is 13.6. The van der Waals surface area contributed by atoms with Gasteiger partial charge < -0.3 is 31.1 Å². The summed E-state index contributed by atoms with van der Waals surface area (Å²) in [6.07, 6.45) is 0.545. The number of benzene rings is 3. The van der Waals surface area contributed by atoms with Gasteiger partial charge in [-0.25, -0.2) is 0 Å². The van der Waals surface area contributed by atoms with Gasteiger partial charge in [-0.1, -0.05) is 80.6 Å². The van der Waals surface area contributed by atoms with Crippen molar-refractivity contribution in [2.24, 2.45) is 5.92 Å². The molecule has 4 N–H and O–H groups in total. The van der Waals surface area contributed by atoms with E-state index in [0.717, 1.165) is 28.1 Å². The van der Waals surface area contributed by atoms with Crippen LogP contribution in [-0.2, 0) is 36.4 Å². The van der Waals surface area contributed by atoms with Crippen LogP contribution in [0.3, 0.4) is 0 Å². The number of nitrogens with one attached hydrogen (secondary N) is 4. The molecule has 0 aliphatic carbocycles. The SMILES string of the molecule is CC(C)C[C@@H]1NC(=O)[C@@H]2C[C@]3([C@]45C[C@H]6C(=O)N[C@@H](Cc7ccccc7)C(=O)N6[C@H]4Nc4ccccc45)c4ccccc4N[C@@H]3N2C1=O. The Morgan fingerprint density at radius 1 is 0.638 bits per heavy atom. The van der Waals surface area contributed by atoms with Crippen LogP contribution in [0, 0.1) is 5.92 Å². The number of fused-ring (bicyclic) bond motifs is 11. The number of nitrogens with zero attached hydrogens (tertiary/aromatic N) is 2. The van der Waals surface area contributed by atoms with Gasteiger partial charge in [0.05, 0.1) is 10.8 Å². The van der Waals surface area contributed by atoms with Gasteiger partial charge in [0, 0.05) is 17.8 Å². The number of amides is 4. The van der Waals surface area contributed by atoms with Crippen molar-refractivity contribution in [2.75, 3.05) is 10.6 Å². The zero-order valence-electron chi connectivity index (χ0n) is 26.4. The normalized spacial score (nSPS) is 34.4. The Morgan fingerprint density at radius 2 is 1.11 bits per heavy atom. The van der Waals surface area contributed by atoms with Crippen molar-refractivity contribution in [1.29, 1.82) is 0 Å². The predicted molar refractivity (Wildman–Crippen MR) is 175 cm³/mol. The molecule has 240 valence electrons. The Labute approximate surface area is 273 Å². The smallest absolute Gasteiger partial charge is 0.247 e. The van der Waals surface area contributed by atoms with E-state index in [2.05, 4.69) is 47.2 Å². The Morgan fingerprint density at radius 3 is 1.64 bits per heavy atom. The maximum atomic E-state index is 14.6. The van der Waals surface area contributed by atoms with Crippen LogP contribution in [0.2, 0.25) is 0 Å². The van der Waals surface area contributed by atoms with E-state index in [4.69, 9.17) is 0 Å². The predicted octanol–water partition coefficient (Wildman–Crippen LogP) is 2.85. The molecule has 0 saturated carbocycles. The van der Waals surface area contributed by atoms with Gasteiger partial charge in [0.25, 0.3) is 0 Å². The van der Waals surface area contributed by atoms with Crippen LogP contribution in [0.4, 0.5) is 11.4 Å². The maximum absolute atomic E-state index is 14.6. The number of carbonyl (C=O) groups is 4. The molecule has 4 fully saturated rings. The van der Waals surface area contributed by atoms with Gasteiger partial charge in [-0.2, -0.15) is 0 Å². The molecule has 6 aliphatic rings. The average Bonchev–Trinajstić information content (AvgIpc) is 3.77. The molecule has 10 nitrogen and oxygen atoms in total. The van der Waals surface area contributed by atoms with Gasteiger partial charge in [0.1, 0.15) is 36.5 Å². The zero-order chi connectivity index (χ0) is 32.2. The number of anilines is 2. The fourth-order valence-corrected chi connectivity index (χ4v) is 10.0. The molecule has 3 aromatic rings. The maximum Gasteiger partial charge on any atom is 0.247 e. The molecule has 0 radical (unpaired) electrons. The van der Waals surface area contributed by atoms with Crippen LogP contribution < -0.4 is 21.3 Å². The number of hydrogen-bond acceptors (Lipinski definition) is 6. The second kappa shape index (κ2) is 9.82. The molecule has 47 heavy (non-hydrogen) atoms. The van der Waals surface area contributed by atoms with Gasteiger partial charge in [0.15, 0.2) is 0 Å². The Bertz CT molecular complexity index is 1850. The molecule has 6 aliphatic heterocycles. The summed E-state index contributed by atoms with van der Waals surface area (Å²) < 4.78 is 0. The quantitative estimate of drug-likeness (QED) is 0.344. The molecular weight excluding hydrogens is 592 g/mol. The first kappa shape index (κ1) is 28.4. The van der Waals surface area contributed by atoms with Crippen LogP contribution >= 0.6 is 0 Å². The first-order valence-corrected chi connectivity index (χ1v) is 16.8. The van der Waals surface area contributed by atoms with Crippen molar-refractivity contribution in [2.45, 2.75) is 86.9 Å². The third-order valence-corrected chi connectivity index (χ3v) is 11.7. The third kappa shape index (κ3) is 3.61. The second-order valence-electron chi connectivity index (χ2n) is 14.5. The largest absolute Gasteiger partial charge is 0.364 e. The number of hydrogen-bond donors (Lipinski definition) is 4. The van der Waals surface area contributed by atoms with Crippen LogP contribution in [0.15, 0.2) is 78.9 Å². The van der Waals surface area contributed by atoms with E-state index >= 15 is 0 Å². The van der Waals surface area contributed by atoms with Crippen molar-refractivity contribution in [3.05, 3.63) is 95.6 Å². The van der Waals surface area contributed by atoms with Gasteiger partial charge in [-0.15, -0.1) is 0 Å². The minimum absolute atomic E-state index is 0.0878. The lowest BCUT2D eigenvalue weighted by Gasteiger charge is -2.48. The summed E-state index contributed by atoms with van der Waals surface area (Å²) in [4.78, 5) is 60.6. The van der Waals surface area contributed by atoms with Crippen molar-refractivity contribution >= 4 is 35.0 Å². The Hall–Kier alpha value is -4.86. The second-order valence-corrected chi connectivity index (χ2v) is 14.5. The minimum atomic E-state index is -0.835. The van der Waals surface area contributed by atoms with E-state index in [1.165, 1.54) is 0 Å². The fourth-order valence-electron chi connectivity index (χ4n) is 10.0. The van der Waals surface area contributed by atoms with Crippen LogP contribution in [0.1, 0.15) is 49.8 Å². The summed E-state index contributed by atoms with van der Waals surface area (Å²) in [5.74, 6) is -0.320. The van der Waals surface area contributed by atoms with Crippen molar-refractivity contribution < 1.29 is 19.2 Å². The topological polar surface area (TPSA) is 123 Å².